The molecule has 120 valence electrons. The van der Waals surface area contributed by atoms with Crippen molar-refractivity contribution in [3.63, 3.8) is 0 Å². The van der Waals surface area contributed by atoms with Crippen molar-refractivity contribution in [2.24, 2.45) is 11.8 Å². The van der Waals surface area contributed by atoms with E-state index in [1.54, 1.807) is 4.90 Å². The summed E-state index contributed by atoms with van der Waals surface area (Å²) in [7, 11) is 0. The maximum Gasteiger partial charge on any atom is 0.317 e. The number of aliphatic carboxylic acids is 1. The molecule has 2 fully saturated rings. The van der Waals surface area contributed by atoms with Crippen molar-refractivity contribution in [1.82, 2.24) is 15.1 Å². The van der Waals surface area contributed by atoms with Crippen molar-refractivity contribution in [2.75, 3.05) is 39.3 Å². The average Bonchev–Trinajstić information content (AvgIpc) is 2.53. The molecule has 0 spiro atoms. The molecule has 2 amide bonds. The summed E-state index contributed by atoms with van der Waals surface area (Å²) < 4.78 is 0. The van der Waals surface area contributed by atoms with Gasteiger partial charge in [-0.25, -0.2) is 4.79 Å². The number of nitrogens with one attached hydrogen (secondary N) is 1. The number of amides is 2. The Morgan fingerprint density at radius 1 is 1.19 bits per heavy atom. The molecular weight excluding hydrogens is 270 g/mol. The standard InChI is InChI=1S/C15H27N3O3/c1-2-17-8-5-12(6-9-17)10-16-15(21)18-7-3-4-13(11-18)14(19)20/h12-13H,2-11H2,1H3,(H,16,21)(H,19,20)/t13-/m1/s1. The van der Waals surface area contributed by atoms with Crippen LogP contribution in [0.1, 0.15) is 32.6 Å². The van der Waals surface area contributed by atoms with Crippen molar-refractivity contribution in [1.29, 1.82) is 0 Å². The van der Waals surface area contributed by atoms with Gasteiger partial charge in [0.1, 0.15) is 0 Å². The number of hydrogen-bond acceptors (Lipinski definition) is 3. The van der Waals surface area contributed by atoms with E-state index in [-0.39, 0.29) is 6.03 Å². The van der Waals surface area contributed by atoms with Crippen LogP contribution < -0.4 is 5.32 Å². The second-order valence-corrected chi connectivity index (χ2v) is 6.19. The summed E-state index contributed by atoms with van der Waals surface area (Å²) in [6, 6.07) is -0.0983. The first-order valence-corrected chi connectivity index (χ1v) is 8.08. The van der Waals surface area contributed by atoms with E-state index in [1.165, 1.54) is 0 Å². The normalized spacial score (nSPS) is 24.8. The molecular formula is C15H27N3O3. The second-order valence-electron chi connectivity index (χ2n) is 6.19. The Balaban J connectivity index is 1.71. The minimum atomic E-state index is -0.792. The summed E-state index contributed by atoms with van der Waals surface area (Å²) in [6.45, 7) is 7.23. The maximum absolute atomic E-state index is 12.1. The van der Waals surface area contributed by atoms with Gasteiger partial charge in [0.15, 0.2) is 0 Å². The largest absolute Gasteiger partial charge is 0.481 e. The lowest BCUT2D eigenvalue weighted by molar-refractivity contribution is -0.143. The second kappa shape index (κ2) is 7.64. The van der Waals surface area contributed by atoms with Gasteiger partial charge in [0, 0.05) is 19.6 Å². The van der Waals surface area contributed by atoms with E-state index in [0.29, 0.717) is 32.0 Å². The monoisotopic (exact) mass is 297 g/mol. The topological polar surface area (TPSA) is 72.9 Å². The van der Waals surface area contributed by atoms with E-state index < -0.39 is 11.9 Å². The summed E-state index contributed by atoms with van der Waals surface area (Å²) in [5.41, 5.74) is 0. The molecule has 1 atom stereocenters. The fraction of sp³-hybridized carbons (Fsp3) is 0.867. The number of carbonyl (C=O) groups excluding carboxylic acids is 1. The van der Waals surface area contributed by atoms with Crippen molar-refractivity contribution in [3.05, 3.63) is 0 Å². The Kier molecular flexibility index (Phi) is 5.85. The summed E-state index contributed by atoms with van der Waals surface area (Å²) in [5, 5.41) is 12.0. The van der Waals surface area contributed by atoms with Crippen LogP contribution in [0.25, 0.3) is 0 Å². The van der Waals surface area contributed by atoms with E-state index in [9.17, 15) is 9.59 Å². The molecule has 2 rings (SSSR count). The van der Waals surface area contributed by atoms with Crippen LogP contribution in [-0.4, -0.2) is 66.2 Å². The molecule has 2 aliphatic heterocycles. The number of likely N-dealkylation sites (tertiary alicyclic amines) is 2. The van der Waals surface area contributed by atoms with Gasteiger partial charge in [0.2, 0.25) is 0 Å². The fourth-order valence-electron chi connectivity index (χ4n) is 3.21. The van der Waals surface area contributed by atoms with Crippen molar-refractivity contribution in [3.8, 4) is 0 Å². The Bertz CT molecular complexity index is 367. The lowest BCUT2D eigenvalue weighted by Gasteiger charge is -2.33. The zero-order chi connectivity index (χ0) is 15.2. The predicted molar refractivity (Wildman–Crippen MR) is 80.2 cm³/mol. The molecule has 2 heterocycles. The van der Waals surface area contributed by atoms with Crippen LogP contribution >= 0.6 is 0 Å². The third kappa shape index (κ3) is 4.59. The van der Waals surface area contributed by atoms with Gasteiger partial charge >= 0.3 is 12.0 Å². The lowest BCUT2D eigenvalue weighted by Crippen LogP contribution is -2.48. The molecule has 0 aromatic rings. The van der Waals surface area contributed by atoms with E-state index in [2.05, 4.69) is 17.1 Å². The van der Waals surface area contributed by atoms with Crippen LogP contribution in [0.15, 0.2) is 0 Å². The van der Waals surface area contributed by atoms with Crippen LogP contribution in [0.5, 0.6) is 0 Å². The highest BCUT2D eigenvalue weighted by atomic mass is 16.4. The maximum atomic E-state index is 12.1. The molecule has 0 radical (unpaired) electrons. The van der Waals surface area contributed by atoms with Gasteiger partial charge in [-0.05, 0) is 51.2 Å². The number of carboxylic acid groups (broad SMARTS) is 1. The van der Waals surface area contributed by atoms with Gasteiger partial charge in [-0.3, -0.25) is 4.79 Å². The molecule has 6 heteroatoms. The highest BCUT2D eigenvalue weighted by molar-refractivity contribution is 5.76. The van der Waals surface area contributed by atoms with Crippen molar-refractivity contribution in [2.45, 2.75) is 32.6 Å². The first-order valence-electron chi connectivity index (χ1n) is 8.08. The summed E-state index contributed by atoms with van der Waals surface area (Å²) >= 11 is 0. The minimum Gasteiger partial charge on any atom is -0.481 e. The number of piperidine rings is 2. The summed E-state index contributed by atoms with van der Waals surface area (Å²) in [5.74, 6) is -0.645. The SMILES string of the molecule is CCN1CCC(CNC(=O)N2CCC[C@@H](C(=O)O)C2)CC1. The van der Waals surface area contributed by atoms with Crippen molar-refractivity contribution >= 4 is 12.0 Å². The highest BCUT2D eigenvalue weighted by Gasteiger charge is 2.28. The van der Waals surface area contributed by atoms with Gasteiger partial charge in [-0.2, -0.15) is 0 Å². The minimum absolute atomic E-state index is 0.0983. The highest BCUT2D eigenvalue weighted by Crippen LogP contribution is 2.18. The third-order valence-corrected chi connectivity index (χ3v) is 4.75. The van der Waals surface area contributed by atoms with E-state index >= 15 is 0 Å². The lowest BCUT2D eigenvalue weighted by atomic mass is 9.96. The third-order valence-electron chi connectivity index (χ3n) is 4.75. The Morgan fingerprint density at radius 3 is 2.52 bits per heavy atom. The number of nitrogens with zero attached hydrogens (tertiary/aromatic N) is 2. The molecule has 2 N–H and O–H groups in total. The van der Waals surface area contributed by atoms with Crippen LogP contribution in [0.2, 0.25) is 0 Å². The fourth-order valence-corrected chi connectivity index (χ4v) is 3.21. The quantitative estimate of drug-likeness (QED) is 0.818. The number of hydrogen-bond donors (Lipinski definition) is 2. The van der Waals surface area contributed by atoms with Crippen LogP contribution in [-0.2, 0) is 4.79 Å². The molecule has 0 unspecified atom stereocenters. The summed E-state index contributed by atoms with van der Waals surface area (Å²) in [6.07, 6.45) is 3.71. The van der Waals surface area contributed by atoms with E-state index in [1.807, 2.05) is 0 Å². The molecule has 6 nitrogen and oxygen atoms in total. The Labute approximate surface area is 126 Å². The summed E-state index contributed by atoms with van der Waals surface area (Å²) in [4.78, 5) is 27.3. The molecule has 0 saturated carbocycles. The van der Waals surface area contributed by atoms with E-state index in [4.69, 9.17) is 5.11 Å². The Morgan fingerprint density at radius 2 is 1.90 bits per heavy atom. The van der Waals surface area contributed by atoms with Gasteiger partial charge in [-0.1, -0.05) is 6.92 Å². The van der Waals surface area contributed by atoms with Crippen LogP contribution in [0, 0.1) is 11.8 Å². The van der Waals surface area contributed by atoms with Gasteiger partial charge < -0.3 is 20.2 Å². The molecule has 21 heavy (non-hydrogen) atoms. The molecule has 2 saturated heterocycles. The molecule has 0 aromatic carbocycles. The van der Waals surface area contributed by atoms with Crippen molar-refractivity contribution < 1.29 is 14.7 Å². The number of urea groups is 1. The number of carboxylic acids is 1. The smallest absolute Gasteiger partial charge is 0.317 e. The van der Waals surface area contributed by atoms with Crippen LogP contribution in [0.3, 0.4) is 0 Å². The molecule has 0 bridgehead atoms. The molecule has 0 aromatic heterocycles. The van der Waals surface area contributed by atoms with E-state index in [0.717, 1.165) is 38.9 Å². The predicted octanol–water partition coefficient (Wildman–Crippen LogP) is 1.22. The first-order chi connectivity index (χ1) is 10.1. The van der Waals surface area contributed by atoms with Gasteiger partial charge in [-0.15, -0.1) is 0 Å². The number of carbonyl (C=O) groups is 2. The molecule has 0 aliphatic carbocycles. The Hall–Kier alpha value is -1.30. The number of rotatable bonds is 4. The van der Waals surface area contributed by atoms with Gasteiger partial charge in [0.05, 0.1) is 5.92 Å². The molecule has 2 aliphatic rings. The zero-order valence-electron chi connectivity index (χ0n) is 12.9. The van der Waals surface area contributed by atoms with Gasteiger partial charge in [0.25, 0.3) is 0 Å². The zero-order valence-corrected chi connectivity index (χ0v) is 12.9. The average molecular weight is 297 g/mol. The first kappa shape index (κ1) is 16.1. The van der Waals surface area contributed by atoms with Crippen LogP contribution in [0.4, 0.5) is 4.79 Å².